The van der Waals surface area contributed by atoms with Crippen LogP contribution in [-0.2, 0) is 0 Å². The van der Waals surface area contributed by atoms with Gasteiger partial charge in [0.25, 0.3) is 0 Å². The van der Waals surface area contributed by atoms with Crippen molar-refractivity contribution in [2.75, 3.05) is 0 Å². The average molecular weight is 292 g/mol. The van der Waals surface area contributed by atoms with E-state index in [-0.39, 0.29) is 22.7 Å². The number of aromatic hydroxyl groups is 1. The highest BCUT2D eigenvalue weighted by atomic mass is 79.9. The smallest absolute Gasteiger partial charge is 0.156 e. The minimum Gasteiger partial charge on any atom is -0.507 e. The van der Waals surface area contributed by atoms with Gasteiger partial charge < -0.3 is 10.1 Å². The SMILES string of the molecule is Br.Oc1ccccc1-c1cc2nccnc2[nH]1. The molecule has 4 nitrogen and oxygen atoms in total. The van der Waals surface area contributed by atoms with Crippen LogP contribution in [0.4, 0.5) is 0 Å². The van der Waals surface area contributed by atoms with Gasteiger partial charge in [-0.3, -0.25) is 4.98 Å². The molecular formula is C12H10BrN3O. The van der Waals surface area contributed by atoms with Crippen molar-refractivity contribution in [3.05, 3.63) is 42.7 Å². The van der Waals surface area contributed by atoms with Crippen molar-refractivity contribution in [3.63, 3.8) is 0 Å². The van der Waals surface area contributed by atoms with Crippen LogP contribution in [0.1, 0.15) is 0 Å². The molecule has 2 N–H and O–H groups in total. The third kappa shape index (κ3) is 2.01. The van der Waals surface area contributed by atoms with E-state index in [1.54, 1.807) is 24.5 Å². The first-order chi connectivity index (χ1) is 7.84. The number of hydrogen-bond acceptors (Lipinski definition) is 3. The summed E-state index contributed by atoms with van der Waals surface area (Å²) < 4.78 is 0. The highest BCUT2D eigenvalue weighted by molar-refractivity contribution is 8.93. The van der Waals surface area contributed by atoms with E-state index in [2.05, 4.69) is 15.0 Å². The maximum Gasteiger partial charge on any atom is 0.156 e. The van der Waals surface area contributed by atoms with E-state index in [1.807, 2.05) is 18.2 Å². The molecule has 0 amide bonds. The number of halogens is 1. The van der Waals surface area contributed by atoms with Crippen LogP contribution < -0.4 is 0 Å². The molecule has 3 rings (SSSR count). The van der Waals surface area contributed by atoms with E-state index >= 15 is 0 Å². The van der Waals surface area contributed by atoms with Gasteiger partial charge in [0, 0.05) is 18.0 Å². The second-order valence-electron chi connectivity index (χ2n) is 3.49. The number of aromatic nitrogens is 3. The summed E-state index contributed by atoms with van der Waals surface area (Å²) >= 11 is 0. The molecule has 0 saturated carbocycles. The van der Waals surface area contributed by atoms with Gasteiger partial charge >= 0.3 is 0 Å². The Hall–Kier alpha value is -1.88. The molecule has 0 aliphatic heterocycles. The second-order valence-corrected chi connectivity index (χ2v) is 3.49. The Morgan fingerprint density at radius 1 is 1.06 bits per heavy atom. The zero-order chi connectivity index (χ0) is 11.0. The van der Waals surface area contributed by atoms with E-state index in [0.29, 0.717) is 0 Å². The average Bonchev–Trinajstić information content (AvgIpc) is 2.73. The highest BCUT2D eigenvalue weighted by Gasteiger charge is 2.07. The van der Waals surface area contributed by atoms with Crippen LogP contribution in [0.15, 0.2) is 42.7 Å². The molecule has 0 bridgehead atoms. The van der Waals surface area contributed by atoms with Crippen LogP contribution in [0.3, 0.4) is 0 Å². The lowest BCUT2D eigenvalue weighted by atomic mass is 10.1. The van der Waals surface area contributed by atoms with Gasteiger partial charge in [-0.25, -0.2) is 4.98 Å². The zero-order valence-electron chi connectivity index (χ0n) is 8.79. The summed E-state index contributed by atoms with van der Waals surface area (Å²) in [7, 11) is 0. The molecule has 5 heteroatoms. The third-order valence-corrected chi connectivity index (χ3v) is 2.45. The molecule has 0 saturated heterocycles. The number of hydrogen-bond donors (Lipinski definition) is 2. The molecule has 0 unspecified atom stereocenters. The molecule has 2 aromatic heterocycles. The van der Waals surface area contributed by atoms with E-state index in [1.165, 1.54) is 0 Å². The number of para-hydroxylation sites is 1. The molecule has 1 aromatic carbocycles. The zero-order valence-corrected chi connectivity index (χ0v) is 10.5. The number of phenolic OH excluding ortho intramolecular Hbond substituents is 1. The quantitative estimate of drug-likeness (QED) is 0.725. The molecule has 0 aliphatic rings. The molecule has 3 aromatic rings. The Kier molecular flexibility index (Phi) is 3.10. The number of phenols is 1. The third-order valence-electron chi connectivity index (χ3n) is 2.45. The van der Waals surface area contributed by atoms with Crippen molar-refractivity contribution in [2.24, 2.45) is 0 Å². The van der Waals surface area contributed by atoms with Crippen molar-refractivity contribution >= 4 is 28.1 Å². The number of nitrogens with one attached hydrogen (secondary N) is 1. The van der Waals surface area contributed by atoms with Gasteiger partial charge in [0.15, 0.2) is 5.65 Å². The number of aromatic amines is 1. The lowest BCUT2D eigenvalue weighted by Gasteiger charge is -1.99. The second kappa shape index (κ2) is 4.55. The lowest BCUT2D eigenvalue weighted by molar-refractivity contribution is 0.477. The van der Waals surface area contributed by atoms with Gasteiger partial charge in [0.1, 0.15) is 11.3 Å². The topological polar surface area (TPSA) is 61.8 Å². The Bertz CT molecular complexity index is 618. The van der Waals surface area contributed by atoms with Crippen molar-refractivity contribution in [1.29, 1.82) is 0 Å². The molecule has 0 aliphatic carbocycles. The molecule has 17 heavy (non-hydrogen) atoms. The van der Waals surface area contributed by atoms with E-state index in [0.717, 1.165) is 22.4 Å². The fraction of sp³-hybridized carbons (Fsp3) is 0. The van der Waals surface area contributed by atoms with E-state index < -0.39 is 0 Å². The number of fused-ring (bicyclic) bond motifs is 1. The summed E-state index contributed by atoms with van der Waals surface area (Å²) in [5.74, 6) is 0.244. The van der Waals surface area contributed by atoms with Gasteiger partial charge in [0.05, 0.1) is 5.69 Å². The van der Waals surface area contributed by atoms with Crippen molar-refractivity contribution in [3.8, 4) is 17.0 Å². The van der Waals surface area contributed by atoms with Crippen molar-refractivity contribution in [2.45, 2.75) is 0 Å². The van der Waals surface area contributed by atoms with Crippen LogP contribution in [0, 0.1) is 0 Å². The molecule has 0 fully saturated rings. The number of benzene rings is 1. The van der Waals surface area contributed by atoms with Crippen LogP contribution in [0.2, 0.25) is 0 Å². The van der Waals surface area contributed by atoms with Crippen LogP contribution in [-0.4, -0.2) is 20.1 Å². The van der Waals surface area contributed by atoms with Crippen LogP contribution in [0.25, 0.3) is 22.4 Å². The Morgan fingerprint density at radius 2 is 1.82 bits per heavy atom. The predicted octanol–water partition coefficient (Wildman–Crippen LogP) is 2.91. The standard InChI is InChI=1S/C12H9N3O.BrH/c16-11-4-2-1-3-8(11)9-7-10-12(15-9)14-6-5-13-10;/h1-7,16H,(H,14,15);1H. The fourth-order valence-corrected chi connectivity index (χ4v) is 1.70. The Morgan fingerprint density at radius 3 is 2.59 bits per heavy atom. The normalized spacial score (nSPS) is 10.1. The predicted molar refractivity (Wildman–Crippen MR) is 71.3 cm³/mol. The monoisotopic (exact) mass is 291 g/mol. The summed E-state index contributed by atoms with van der Waals surface area (Å²) in [4.78, 5) is 11.5. The van der Waals surface area contributed by atoms with Crippen LogP contribution >= 0.6 is 17.0 Å². The number of rotatable bonds is 1. The summed E-state index contributed by atoms with van der Waals surface area (Å²) in [5, 5.41) is 9.73. The van der Waals surface area contributed by atoms with Gasteiger partial charge in [-0.05, 0) is 18.2 Å². The van der Waals surface area contributed by atoms with Crippen LogP contribution in [0.5, 0.6) is 5.75 Å². The summed E-state index contributed by atoms with van der Waals surface area (Å²) in [5.41, 5.74) is 3.09. The Balaban J connectivity index is 0.00000108. The number of H-pyrrole nitrogens is 1. The molecule has 0 radical (unpaired) electrons. The highest BCUT2D eigenvalue weighted by Crippen LogP contribution is 2.29. The lowest BCUT2D eigenvalue weighted by Crippen LogP contribution is -1.78. The van der Waals surface area contributed by atoms with Gasteiger partial charge in [-0.15, -0.1) is 17.0 Å². The number of nitrogens with zero attached hydrogens (tertiary/aromatic N) is 2. The molecule has 0 spiro atoms. The van der Waals surface area contributed by atoms with Gasteiger partial charge in [-0.2, -0.15) is 0 Å². The molecular weight excluding hydrogens is 282 g/mol. The van der Waals surface area contributed by atoms with E-state index in [9.17, 15) is 5.11 Å². The molecule has 2 heterocycles. The van der Waals surface area contributed by atoms with E-state index in [4.69, 9.17) is 0 Å². The molecule has 0 atom stereocenters. The summed E-state index contributed by atoms with van der Waals surface area (Å²) in [6.07, 6.45) is 3.28. The summed E-state index contributed by atoms with van der Waals surface area (Å²) in [6, 6.07) is 9.04. The van der Waals surface area contributed by atoms with Crippen molar-refractivity contribution < 1.29 is 5.11 Å². The minimum absolute atomic E-state index is 0. The first kappa shape index (κ1) is 11.6. The fourth-order valence-electron chi connectivity index (χ4n) is 1.70. The first-order valence-corrected chi connectivity index (χ1v) is 4.93. The maximum atomic E-state index is 9.73. The largest absolute Gasteiger partial charge is 0.507 e. The van der Waals surface area contributed by atoms with Crippen molar-refractivity contribution in [1.82, 2.24) is 15.0 Å². The maximum absolute atomic E-state index is 9.73. The van der Waals surface area contributed by atoms with Gasteiger partial charge in [-0.1, -0.05) is 12.1 Å². The Labute approximate surface area is 108 Å². The molecule has 86 valence electrons. The minimum atomic E-state index is 0. The first-order valence-electron chi connectivity index (χ1n) is 4.93. The summed E-state index contributed by atoms with van der Waals surface area (Å²) in [6.45, 7) is 0. The van der Waals surface area contributed by atoms with Gasteiger partial charge in [0.2, 0.25) is 0 Å².